The maximum absolute atomic E-state index is 13.3. The Hall–Kier alpha value is -2.62. The van der Waals surface area contributed by atoms with Crippen molar-refractivity contribution in [3.05, 3.63) is 70.8 Å². The van der Waals surface area contributed by atoms with Crippen molar-refractivity contribution in [1.29, 1.82) is 0 Å². The van der Waals surface area contributed by atoms with Gasteiger partial charge >= 0.3 is 5.97 Å². The lowest BCUT2D eigenvalue weighted by Crippen LogP contribution is -2.51. The van der Waals surface area contributed by atoms with Crippen LogP contribution in [-0.2, 0) is 9.59 Å². The molecule has 0 unspecified atom stereocenters. The molecule has 0 heterocycles. The van der Waals surface area contributed by atoms with E-state index in [0.717, 1.165) is 22.3 Å². The Morgan fingerprint density at radius 2 is 1.19 bits per heavy atom. The van der Waals surface area contributed by atoms with Gasteiger partial charge in [0.05, 0.1) is 11.8 Å². The number of amides is 1. The minimum atomic E-state index is -0.880. The van der Waals surface area contributed by atoms with Gasteiger partial charge in [-0.3, -0.25) is 9.59 Å². The molecule has 3 aliphatic carbocycles. The van der Waals surface area contributed by atoms with Gasteiger partial charge in [-0.15, -0.1) is 0 Å². The van der Waals surface area contributed by atoms with E-state index in [4.69, 9.17) is 0 Å². The molecule has 0 saturated carbocycles. The lowest BCUT2D eigenvalue weighted by molar-refractivity contribution is -0.152. The zero-order chi connectivity index (χ0) is 18.4. The highest BCUT2D eigenvalue weighted by Gasteiger charge is 2.55. The van der Waals surface area contributed by atoms with E-state index in [1.54, 1.807) is 4.90 Å². The van der Waals surface area contributed by atoms with Gasteiger partial charge in [-0.25, -0.2) is 0 Å². The van der Waals surface area contributed by atoms with Gasteiger partial charge in [-0.1, -0.05) is 48.5 Å². The van der Waals surface area contributed by atoms with Crippen molar-refractivity contribution >= 4 is 11.9 Å². The predicted octanol–water partition coefficient (Wildman–Crippen LogP) is 3.46. The monoisotopic (exact) mass is 349 g/mol. The summed E-state index contributed by atoms with van der Waals surface area (Å²) in [6, 6.07) is 16.1. The van der Waals surface area contributed by atoms with Crippen LogP contribution in [0.2, 0.25) is 0 Å². The topological polar surface area (TPSA) is 57.6 Å². The summed E-state index contributed by atoms with van der Waals surface area (Å²) < 4.78 is 0. The molecule has 134 valence electrons. The fourth-order valence-electron chi connectivity index (χ4n) is 5.02. The van der Waals surface area contributed by atoms with Crippen LogP contribution >= 0.6 is 0 Å². The molecule has 4 heteroatoms. The normalized spacial score (nSPS) is 25.3. The third-order valence-electron chi connectivity index (χ3n) is 6.08. The van der Waals surface area contributed by atoms with E-state index in [2.05, 4.69) is 12.1 Å². The average Bonchev–Trinajstić information content (AvgIpc) is 2.68. The number of fused-ring (bicyclic) bond motifs is 1. The largest absolute Gasteiger partial charge is 0.481 e. The summed E-state index contributed by atoms with van der Waals surface area (Å²) in [7, 11) is 0. The molecule has 3 aliphatic rings. The van der Waals surface area contributed by atoms with Gasteiger partial charge in [0.15, 0.2) is 0 Å². The van der Waals surface area contributed by atoms with Crippen molar-refractivity contribution in [2.24, 2.45) is 11.8 Å². The van der Waals surface area contributed by atoms with Gasteiger partial charge < -0.3 is 10.0 Å². The summed E-state index contributed by atoms with van der Waals surface area (Å²) in [5.74, 6) is -2.66. The molecular weight excluding hydrogens is 326 g/mol. The zero-order valence-corrected chi connectivity index (χ0v) is 15.1. The van der Waals surface area contributed by atoms with Crippen LogP contribution in [0.25, 0.3) is 0 Å². The standard InChI is InChI=1S/C22H23NO3/c1-3-23(4-2)21(24)19-17-13-9-5-7-11-15(13)18(20(19)22(25)26)16-12-8-6-10-14(16)17/h5-12,17-20H,3-4H2,1-2H3,(H,25,26)/t17?,18?,19-,20+/m0/s1. The molecule has 2 aromatic rings. The van der Waals surface area contributed by atoms with Crippen LogP contribution < -0.4 is 0 Å². The summed E-state index contributed by atoms with van der Waals surface area (Å²) >= 11 is 0. The van der Waals surface area contributed by atoms with Crippen molar-refractivity contribution in [2.75, 3.05) is 13.1 Å². The Bertz CT molecular complexity index is 824. The first-order valence-corrected chi connectivity index (χ1v) is 9.29. The van der Waals surface area contributed by atoms with Crippen LogP contribution in [-0.4, -0.2) is 35.0 Å². The van der Waals surface area contributed by atoms with Crippen molar-refractivity contribution in [2.45, 2.75) is 25.7 Å². The number of rotatable bonds is 4. The first-order chi connectivity index (χ1) is 12.6. The van der Waals surface area contributed by atoms with E-state index in [1.165, 1.54) is 0 Å². The van der Waals surface area contributed by atoms with E-state index in [9.17, 15) is 14.7 Å². The second-order valence-electron chi connectivity index (χ2n) is 7.11. The molecule has 2 aromatic carbocycles. The summed E-state index contributed by atoms with van der Waals surface area (Å²) in [4.78, 5) is 27.4. The number of carbonyl (C=O) groups is 2. The van der Waals surface area contributed by atoms with Crippen LogP contribution in [0, 0.1) is 11.8 Å². The number of aliphatic carboxylic acids is 1. The maximum Gasteiger partial charge on any atom is 0.308 e. The van der Waals surface area contributed by atoms with E-state index < -0.39 is 17.8 Å². The van der Waals surface area contributed by atoms with Gasteiger partial charge in [0, 0.05) is 24.9 Å². The molecule has 0 spiro atoms. The zero-order valence-electron chi connectivity index (χ0n) is 15.1. The summed E-state index contributed by atoms with van der Waals surface area (Å²) in [5, 5.41) is 10.1. The summed E-state index contributed by atoms with van der Waals surface area (Å²) in [5.41, 5.74) is 4.35. The highest BCUT2D eigenvalue weighted by atomic mass is 16.4. The second-order valence-corrected chi connectivity index (χ2v) is 7.11. The molecule has 2 atom stereocenters. The Balaban J connectivity index is 1.96. The van der Waals surface area contributed by atoms with Gasteiger partial charge in [0.2, 0.25) is 5.91 Å². The lowest BCUT2D eigenvalue weighted by Gasteiger charge is -2.49. The predicted molar refractivity (Wildman–Crippen MR) is 99.1 cm³/mol. The fourth-order valence-corrected chi connectivity index (χ4v) is 5.02. The number of hydrogen-bond acceptors (Lipinski definition) is 2. The number of nitrogens with zero attached hydrogens (tertiary/aromatic N) is 1. The summed E-state index contributed by atoms with van der Waals surface area (Å²) in [6.45, 7) is 5.08. The summed E-state index contributed by atoms with van der Waals surface area (Å²) in [6.07, 6.45) is 0. The molecule has 4 nitrogen and oxygen atoms in total. The molecule has 0 fully saturated rings. The van der Waals surface area contributed by atoms with Gasteiger partial charge in [0.1, 0.15) is 0 Å². The first-order valence-electron chi connectivity index (χ1n) is 9.29. The lowest BCUT2D eigenvalue weighted by atomic mass is 9.54. The quantitative estimate of drug-likeness (QED) is 0.920. The second kappa shape index (κ2) is 6.27. The Labute approximate surface area is 153 Å². The van der Waals surface area contributed by atoms with E-state index in [1.807, 2.05) is 50.2 Å². The van der Waals surface area contributed by atoms with Crippen molar-refractivity contribution in [3.63, 3.8) is 0 Å². The third kappa shape index (κ3) is 2.21. The van der Waals surface area contributed by atoms with Crippen LogP contribution in [0.15, 0.2) is 48.5 Å². The number of carbonyl (C=O) groups excluding carboxylic acids is 1. The number of hydrogen-bond donors (Lipinski definition) is 1. The SMILES string of the molecule is CCN(CC)C(=O)[C@H]1C2c3ccccc3C(c3ccccc32)[C@H]1C(=O)O. The Morgan fingerprint density at radius 3 is 1.54 bits per heavy atom. The van der Waals surface area contributed by atoms with E-state index in [0.29, 0.717) is 13.1 Å². The molecule has 0 aliphatic heterocycles. The van der Waals surface area contributed by atoms with Crippen LogP contribution in [0.3, 0.4) is 0 Å². The van der Waals surface area contributed by atoms with Gasteiger partial charge in [-0.05, 0) is 36.1 Å². The highest BCUT2D eigenvalue weighted by Crippen LogP contribution is 2.58. The minimum Gasteiger partial charge on any atom is -0.481 e. The Kier molecular flexibility index (Phi) is 4.06. The molecule has 0 radical (unpaired) electrons. The maximum atomic E-state index is 13.3. The van der Waals surface area contributed by atoms with Gasteiger partial charge in [0.25, 0.3) is 0 Å². The molecule has 5 rings (SSSR count). The molecule has 0 saturated heterocycles. The van der Waals surface area contributed by atoms with Crippen LogP contribution in [0.4, 0.5) is 0 Å². The highest BCUT2D eigenvalue weighted by molar-refractivity contribution is 5.89. The molecule has 2 bridgehead atoms. The first kappa shape index (κ1) is 16.8. The molecular formula is C22H23NO3. The molecule has 1 amide bonds. The number of carboxylic acid groups (broad SMARTS) is 1. The number of carboxylic acids is 1. The van der Waals surface area contributed by atoms with Crippen molar-refractivity contribution in [3.8, 4) is 0 Å². The smallest absolute Gasteiger partial charge is 0.308 e. The Morgan fingerprint density at radius 1 is 0.808 bits per heavy atom. The van der Waals surface area contributed by atoms with E-state index >= 15 is 0 Å². The minimum absolute atomic E-state index is 0.0404. The molecule has 0 aromatic heterocycles. The number of benzene rings is 2. The van der Waals surface area contributed by atoms with Crippen molar-refractivity contribution in [1.82, 2.24) is 4.90 Å². The van der Waals surface area contributed by atoms with Crippen LogP contribution in [0.5, 0.6) is 0 Å². The fraction of sp³-hybridized carbons (Fsp3) is 0.364. The van der Waals surface area contributed by atoms with Crippen LogP contribution in [0.1, 0.15) is 47.9 Å². The average molecular weight is 349 g/mol. The third-order valence-corrected chi connectivity index (χ3v) is 6.08. The van der Waals surface area contributed by atoms with E-state index in [-0.39, 0.29) is 17.7 Å². The molecule has 1 N–H and O–H groups in total. The van der Waals surface area contributed by atoms with Gasteiger partial charge in [-0.2, -0.15) is 0 Å². The molecule has 26 heavy (non-hydrogen) atoms. The van der Waals surface area contributed by atoms with Crippen molar-refractivity contribution < 1.29 is 14.7 Å².